The molecule has 0 aliphatic rings. The lowest BCUT2D eigenvalue weighted by molar-refractivity contribution is -0.130. The highest BCUT2D eigenvalue weighted by molar-refractivity contribution is 5.91. The third-order valence-corrected chi connectivity index (χ3v) is 5.72. The minimum absolute atomic E-state index is 0.122. The quantitative estimate of drug-likeness (QED) is 0.405. The number of amides is 2. The van der Waals surface area contributed by atoms with Crippen molar-refractivity contribution in [2.24, 2.45) is 5.92 Å². The van der Waals surface area contributed by atoms with Gasteiger partial charge in [0, 0.05) is 6.42 Å². The molecule has 5 nitrogen and oxygen atoms in total. The molecule has 0 radical (unpaired) electrons. The third kappa shape index (κ3) is 7.78. The first-order valence-electron chi connectivity index (χ1n) is 11.9. The summed E-state index contributed by atoms with van der Waals surface area (Å²) < 4.78 is 0. The van der Waals surface area contributed by atoms with Crippen molar-refractivity contribution in [3.63, 3.8) is 0 Å². The standard InChI is InChI=1S/C30H32N2O3/c1-22(2)29(30(35)31-26(21-33)20-23-12-6-3-7-13-23)32-28(34)19-18-27(24-14-8-4-9-15-24)25-16-10-5-11-17-25/h3-18,21-22,26,29H,19-20H2,1-2H3,(H,31,35)(H,32,34)/t26-,29-/m0/s1. The normalized spacial score (nSPS) is 12.3. The van der Waals surface area contributed by atoms with Crippen molar-refractivity contribution in [2.75, 3.05) is 0 Å². The molecule has 2 amide bonds. The molecule has 3 aromatic rings. The van der Waals surface area contributed by atoms with Crippen molar-refractivity contribution < 1.29 is 14.4 Å². The fourth-order valence-electron chi connectivity index (χ4n) is 3.87. The summed E-state index contributed by atoms with van der Waals surface area (Å²) >= 11 is 0. The van der Waals surface area contributed by atoms with E-state index in [0.29, 0.717) is 6.42 Å². The van der Waals surface area contributed by atoms with Gasteiger partial charge in [-0.1, -0.05) is 111 Å². The van der Waals surface area contributed by atoms with Crippen molar-refractivity contribution in [3.05, 3.63) is 114 Å². The molecule has 180 valence electrons. The van der Waals surface area contributed by atoms with E-state index in [2.05, 4.69) is 10.6 Å². The molecule has 2 N–H and O–H groups in total. The summed E-state index contributed by atoms with van der Waals surface area (Å²) in [6.45, 7) is 3.74. The average Bonchev–Trinajstić information content (AvgIpc) is 2.88. The summed E-state index contributed by atoms with van der Waals surface area (Å²) in [4.78, 5) is 37.4. The topological polar surface area (TPSA) is 75.3 Å². The van der Waals surface area contributed by atoms with Crippen LogP contribution in [0, 0.1) is 5.92 Å². The van der Waals surface area contributed by atoms with Gasteiger partial charge < -0.3 is 15.4 Å². The Balaban J connectivity index is 1.68. The maximum absolute atomic E-state index is 13.0. The maximum Gasteiger partial charge on any atom is 0.243 e. The summed E-state index contributed by atoms with van der Waals surface area (Å²) in [5, 5.41) is 5.64. The van der Waals surface area contributed by atoms with Crippen LogP contribution in [0.4, 0.5) is 0 Å². The highest BCUT2D eigenvalue weighted by Gasteiger charge is 2.26. The highest BCUT2D eigenvalue weighted by Crippen LogP contribution is 2.23. The molecule has 0 unspecified atom stereocenters. The predicted octanol–water partition coefficient (Wildman–Crippen LogP) is 4.58. The Morgan fingerprint density at radius 3 is 1.77 bits per heavy atom. The molecule has 0 aromatic heterocycles. The molecule has 0 fully saturated rings. The van der Waals surface area contributed by atoms with Crippen LogP contribution in [0.3, 0.4) is 0 Å². The molecule has 0 saturated carbocycles. The minimum atomic E-state index is -0.744. The molecule has 0 bridgehead atoms. The maximum atomic E-state index is 13.0. The molecule has 2 atom stereocenters. The number of carbonyl (C=O) groups is 3. The summed E-state index contributed by atoms with van der Waals surface area (Å²) in [6, 6.07) is 27.9. The van der Waals surface area contributed by atoms with Gasteiger partial charge in [-0.25, -0.2) is 0 Å². The Kier molecular flexibility index (Phi) is 9.55. The minimum Gasteiger partial charge on any atom is -0.344 e. The van der Waals surface area contributed by atoms with Gasteiger partial charge in [0.2, 0.25) is 11.8 Å². The molecule has 0 heterocycles. The second-order valence-corrected chi connectivity index (χ2v) is 8.78. The zero-order valence-electron chi connectivity index (χ0n) is 20.2. The van der Waals surface area contributed by atoms with E-state index in [1.165, 1.54) is 0 Å². The van der Waals surface area contributed by atoms with Gasteiger partial charge in [-0.2, -0.15) is 0 Å². The number of benzene rings is 3. The molecular weight excluding hydrogens is 436 g/mol. The summed E-state index contributed by atoms with van der Waals surface area (Å²) in [5.74, 6) is -0.764. The van der Waals surface area contributed by atoms with Gasteiger partial charge in [-0.3, -0.25) is 9.59 Å². The monoisotopic (exact) mass is 468 g/mol. The largest absolute Gasteiger partial charge is 0.344 e. The van der Waals surface area contributed by atoms with Crippen LogP contribution in [0.2, 0.25) is 0 Å². The van der Waals surface area contributed by atoms with Crippen LogP contribution in [-0.4, -0.2) is 30.2 Å². The Labute approximate surface area is 207 Å². The van der Waals surface area contributed by atoms with Crippen molar-refractivity contribution in [1.29, 1.82) is 0 Å². The van der Waals surface area contributed by atoms with E-state index in [1.807, 2.05) is 111 Å². The lowest BCUT2D eigenvalue weighted by Gasteiger charge is -2.23. The summed E-state index contributed by atoms with van der Waals surface area (Å²) in [6.07, 6.45) is 3.14. The number of hydrogen-bond donors (Lipinski definition) is 2. The number of hydrogen-bond acceptors (Lipinski definition) is 3. The third-order valence-electron chi connectivity index (χ3n) is 5.72. The Morgan fingerprint density at radius 1 is 0.771 bits per heavy atom. The fourth-order valence-corrected chi connectivity index (χ4v) is 3.87. The molecule has 3 rings (SSSR count). The number of aldehydes is 1. The van der Waals surface area contributed by atoms with E-state index < -0.39 is 12.1 Å². The van der Waals surface area contributed by atoms with Crippen LogP contribution < -0.4 is 10.6 Å². The lowest BCUT2D eigenvalue weighted by Crippen LogP contribution is -2.52. The molecule has 35 heavy (non-hydrogen) atoms. The van der Waals surface area contributed by atoms with E-state index in [4.69, 9.17) is 0 Å². The first-order chi connectivity index (χ1) is 17.0. The van der Waals surface area contributed by atoms with Crippen LogP contribution in [0.25, 0.3) is 5.57 Å². The number of rotatable bonds is 11. The van der Waals surface area contributed by atoms with E-state index >= 15 is 0 Å². The smallest absolute Gasteiger partial charge is 0.243 e. The van der Waals surface area contributed by atoms with Crippen LogP contribution in [0.5, 0.6) is 0 Å². The van der Waals surface area contributed by atoms with Gasteiger partial charge >= 0.3 is 0 Å². The van der Waals surface area contributed by atoms with Crippen molar-refractivity contribution in [3.8, 4) is 0 Å². The van der Waals surface area contributed by atoms with Gasteiger partial charge in [0.1, 0.15) is 12.3 Å². The molecule has 0 saturated heterocycles. The highest BCUT2D eigenvalue weighted by atomic mass is 16.2. The van der Waals surface area contributed by atoms with Gasteiger partial charge in [-0.15, -0.1) is 0 Å². The van der Waals surface area contributed by atoms with Crippen LogP contribution in [0.15, 0.2) is 97.1 Å². The Morgan fingerprint density at radius 2 is 1.29 bits per heavy atom. The number of nitrogens with one attached hydrogen (secondary N) is 2. The molecule has 5 heteroatoms. The van der Waals surface area contributed by atoms with Crippen LogP contribution in [0.1, 0.15) is 37.0 Å². The predicted molar refractivity (Wildman–Crippen MR) is 139 cm³/mol. The zero-order valence-corrected chi connectivity index (χ0v) is 20.2. The van der Waals surface area contributed by atoms with Gasteiger partial charge in [-0.05, 0) is 34.6 Å². The molecular formula is C30H32N2O3. The van der Waals surface area contributed by atoms with Gasteiger partial charge in [0.15, 0.2) is 0 Å². The van der Waals surface area contributed by atoms with Crippen molar-refractivity contribution in [2.45, 2.75) is 38.8 Å². The van der Waals surface area contributed by atoms with E-state index in [-0.39, 0.29) is 24.2 Å². The van der Waals surface area contributed by atoms with Crippen LogP contribution in [-0.2, 0) is 20.8 Å². The first-order valence-corrected chi connectivity index (χ1v) is 11.9. The van der Waals surface area contributed by atoms with E-state index in [0.717, 1.165) is 28.5 Å². The Bertz CT molecular complexity index is 1080. The lowest BCUT2D eigenvalue weighted by atomic mass is 9.96. The average molecular weight is 469 g/mol. The Hall–Kier alpha value is -3.99. The van der Waals surface area contributed by atoms with Crippen molar-refractivity contribution >= 4 is 23.7 Å². The summed E-state index contributed by atoms with van der Waals surface area (Å²) in [7, 11) is 0. The first kappa shape index (κ1) is 25.6. The van der Waals surface area contributed by atoms with Crippen molar-refractivity contribution in [1.82, 2.24) is 10.6 Å². The molecule has 0 spiro atoms. The fraction of sp³-hybridized carbons (Fsp3) is 0.233. The molecule has 3 aromatic carbocycles. The molecule has 0 aliphatic heterocycles. The van der Waals surface area contributed by atoms with E-state index in [9.17, 15) is 14.4 Å². The second kappa shape index (κ2) is 13.0. The molecule has 0 aliphatic carbocycles. The van der Waals surface area contributed by atoms with Gasteiger partial charge in [0.25, 0.3) is 0 Å². The van der Waals surface area contributed by atoms with Crippen LogP contribution >= 0.6 is 0 Å². The zero-order chi connectivity index (χ0) is 25.0. The van der Waals surface area contributed by atoms with Gasteiger partial charge in [0.05, 0.1) is 6.04 Å². The SMILES string of the molecule is CC(C)[C@H](NC(=O)CC=C(c1ccccc1)c1ccccc1)C(=O)N[C@H](C=O)Cc1ccccc1. The van der Waals surface area contributed by atoms with E-state index in [1.54, 1.807) is 0 Å². The second-order valence-electron chi connectivity index (χ2n) is 8.78. The number of carbonyl (C=O) groups excluding carboxylic acids is 3. The summed E-state index contributed by atoms with van der Waals surface area (Å²) in [5.41, 5.74) is 3.93.